The van der Waals surface area contributed by atoms with Gasteiger partial charge in [-0.2, -0.15) is 0 Å². The van der Waals surface area contributed by atoms with Crippen LogP contribution in [0.1, 0.15) is 48.7 Å². The van der Waals surface area contributed by atoms with Crippen molar-refractivity contribution in [1.29, 1.82) is 0 Å². The molecule has 0 aromatic heterocycles. The van der Waals surface area contributed by atoms with E-state index in [4.69, 9.17) is 4.74 Å². The maximum atomic E-state index is 11.8. The fourth-order valence-electron chi connectivity index (χ4n) is 2.01. The number of anilines is 1. The third kappa shape index (κ3) is 4.09. The summed E-state index contributed by atoms with van der Waals surface area (Å²) in [7, 11) is 0. The number of nitrogens with one attached hydrogen (secondary N) is 1. The molecule has 1 N–H and O–H groups in total. The average molecular weight is 263 g/mol. The molecule has 0 saturated carbocycles. The van der Waals surface area contributed by atoms with Gasteiger partial charge in [-0.15, -0.1) is 0 Å². The fraction of sp³-hybridized carbons (Fsp3) is 0.467. The topological polar surface area (TPSA) is 55.4 Å². The lowest BCUT2D eigenvalue weighted by atomic mass is 9.97. The SMILES string of the molecule is CCC(=O)c1c(C)cc(NC(=O)OC(C)C)cc1C. The smallest absolute Gasteiger partial charge is 0.411 e. The maximum absolute atomic E-state index is 11.8. The number of carbonyl (C=O) groups excluding carboxylic acids is 2. The van der Waals surface area contributed by atoms with E-state index in [0.717, 1.165) is 16.7 Å². The van der Waals surface area contributed by atoms with E-state index >= 15 is 0 Å². The quantitative estimate of drug-likeness (QED) is 0.839. The number of amides is 1. The number of hydrogen-bond acceptors (Lipinski definition) is 3. The van der Waals surface area contributed by atoms with E-state index in [0.29, 0.717) is 12.1 Å². The predicted octanol–water partition coefficient (Wildman–Crippen LogP) is 3.85. The summed E-state index contributed by atoms with van der Waals surface area (Å²) in [5, 5.41) is 2.67. The molecule has 104 valence electrons. The molecule has 1 aromatic carbocycles. The van der Waals surface area contributed by atoms with Gasteiger partial charge >= 0.3 is 6.09 Å². The van der Waals surface area contributed by atoms with Crippen LogP contribution >= 0.6 is 0 Å². The van der Waals surface area contributed by atoms with Crippen LogP contribution in [-0.4, -0.2) is 18.0 Å². The molecule has 1 rings (SSSR count). The molecular formula is C15H21NO3. The van der Waals surface area contributed by atoms with Gasteiger partial charge in [0.25, 0.3) is 0 Å². The summed E-state index contributed by atoms with van der Waals surface area (Å²) < 4.78 is 5.02. The van der Waals surface area contributed by atoms with E-state index < -0.39 is 6.09 Å². The first-order chi connectivity index (χ1) is 8.85. The highest BCUT2D eigenvalue weighted by Crippen LogP contribution is 2.21. The largest absolute Gasteiger partial charge is 0.447 e. The molecule has 0 unspecified atom stereocenters. The van der Waals surface area contributed by atoms with Crippen LogP contribution in [0.5, 0.6) is 0 Å². The Labute approximate surface area is 114 Å². The Balaban J connectivity index is 2.95. The zero-order valence-corrected chi connectivity index (χ0v) is 12.2. The average Bonchev–Trinajstić information content (AvgIpc) is 2.26. The van der Waals surface area contributed by atoms with Gasteiger partial charge in [0, 0.05) is 17.7 Å². The number of hydrogen-bond donors (Lipinski definition) is 1. The van der Waals surface area contributed by atoms with Crippen molar-refractivity contribution >= 4 is 17.6 Å². The summed E-state index contributed by atoms with van der Waals surface area (Å²) in [6.45, 7) is 9.16. The molecule has 0 saturated heterocycles. The standard InChI is InChI=1S/C15H21NO3/c1-6-13(17)14-10(4)7-12(8-11(14)5)16-15(18)19-9(2)3/h7-9H,6H2,1-5H3,(H,16,18). The van der Waals surface area contributed by atoms with Gasteiger partial charge in [0.1, 0.15) is 0 Å². The molecule has 0 bridgehead atoms. The van der Waals surface area contributed by atoms with Crippen LogP contribution < -0.4 is 5.32 Å². The summed E-state index contributed by atoms with van der Waals surface area (Å²) in [4.78, 5) is 23.3. The highest BCUT2D eigenvalue weighted by Gasteiger charge is 2.13. The Morgan fingerprint density at radius 3 is 2.16 bits per heavy atom. The van der Waals surface area contributed by atoms with Gasteiger partial charge in [-0.05, 0) is 51.0 Å². The van der Waals surface area contributed by atoms with Gasteiger partial charge in [-0.3, -0.25) is 10.1 Å². The molecule has 0 aliphatic rings. The number of carbonyl (C=O) groups is 2. The van der Waals surface area contributed by atoms with Gasteiger partial charge in [0.05, 0.1) is 6.10 Å². The van der Waals surface area contributed by atoms with Crippen molar-refractivity contribution in [2.45, 2.75) is 47.1 Å². The van der Waals surface area contributed by atoms with E-state index in [1.807, 2.05) is 20.8 Å². The van der Waals surface area contributed by atoms with Crippen molar-refractivity contribution in [2.75, 3.05) is 5.32 Å². The number of rotatable bonds is 4. The first-order valence-corrected chi connectivity index (χ1v) is 6.47. The molecule has 0 spiro atoms. The van der Waals surface area contributed by atoms with Crippen LogP contribution in [0.4, 0.5) is 10.5 Å². The zero-order chi connectivity index (χ0) is 14.6. The van der Waals surface area contributed by atoms with Crippen molar-refractivity contribution in [3.8, 4) is 0 Å². The lowest BCUT2D eigenvalue weighted by Gasteiger charge is -2.13. The predicted molar refractivity (Wildman–Crippen MR) is 75.8 cm³/mol. The Bertz CT molecular complexity index is 469. The van der Waals surface area contributed by atoms with Crippen LogP contribution in [0.15, 0.2) is 12.1 Å². The summed E-state index contributed by atoms with van der Waals surface area (Å²) in [6.07, 6.45) is -0.171. The molecule has 4 heteroatoms. The summed E-state index contributed by atoms with van der Waals surface area (Å²) in [6, 6.07) is 3.58. The number of Topliss-reactive ketones (excluding diaryl/α,β-unsaturated/α-hetero) is 1. The fourth-order valence-corrected chi connectivity index (χ4v) is 2.01. The molecule has 4 nitrogen and oxygen atoms in total. The summed E-state index contributed by atoms with van der Waals surface area (Å²) >= 11 is 0. The van der Waals surface area contributed by atoms with Crippen molar-refractivity contribution in [2.24, 2.45) is 0 Å². The van der Waals surface area contributed by atoms with E-state index in [-0.39, 0.29) is 11.9 Å². The molecule has 0 fully saturated rings. The zero-order valence-electron chi connectivity index (χ0n) is 12.2. The molecule has 1 amide bonds. The number of ether oxygens (including phenoxy) is 1. The minimum atomic E-state index is -0.483. The van der Waals surface area contributed by atoms with Crippen LogP contribution in [-0.2, 0) is 4.74 Å². The Morgan fingerprint density at radius 1 is 1.21 bits per heavy atom. The number of benzene rings is 1. The normalized spacial score (nSPS) is 10.4. The molecule has 0 aliphatic carbocycles. The third-order valence-electron chi connectivity index (χ3n) is 2.72. The molecule has 0 aliphatic heterocycles. The van der Waals surface area contributed by atoms with E-state index in [9.17, 15) is 9.59 Å². The van der Waals surface area contributed by atoms with Gasteiger partial charge in [0.2, 0.25) is 0 Å². The second kappa shape index (κ2) is 6.36. The van der Waals surface area contributed by atoms with Crippen LogP contribution in [0.2, 0.25) is 0 Å². The van der Waals surface area contributed by atoms with Crippen LogP contribution in [0, 0.1) is 13.8 Å². The molecule has 0 atom stereocenters. The maximum Gasteiger partial charge on any atom is 0.411 e. The van der Waals surface area contributed by atoms with Crippen molar-refractivity contribution in [1.82, 2.24) is 0 Å². The molecule has 1 aromatic rings. The lowest BCUT2D eigenvalue weighted by molar-refractivity contribution is 0.0987. The van der Waals surface area contributed by atoms with E-state index in [1.165, 1.54) is 0 Å². The van der Waals surface area contributed by atoms with Crippen molar-refractivity contribution in [3.05, 3.63) is 28.8 Å². The number of aryl methyl sites for hydroxylation is 2. The Morgan fingerprint density at radius 2 is 1.74 bits per heavy atom. The van der Waals surface area contributed by atoms with Gasteiger partial charge in [-0.1, -0.05) is 6.92 Å². The first kappa shape index (κ1) is 15.2. The van der Waals surface area contributed by atoms with Gasteiger partial charge in [-0.25, -0.2) is 4.79 Å². The Hall–Kier alpha value is -1.84. The van der Waals surface area contributed by atoms with Crippen molar-refractivity contribution in [3.63, 3.8) is 0 Å². The Kier molecular flexibility index (Phi) is 5.10. The molecule has 0 radical (unpaired) electrons. The highest BCUT2D eigenvalue weighted by molar-refractivity contribution is 5.99. The minimum Gasteiger partial charge on any atom is -0.447 e. The first-order valence-electron chi connectivity index (χ1n) is 6.47. The van der Waals surface area contributed by atoms with E-state index in [1.54, 1.807) is 26.0 Å². The summed E-state index contributed by atoms with van der Waals surface area (Å²) in [5.74, 6) is 0.117. The molecule has 0 heterocycles. The number of ketones is 1. The second-order valence-electron chi connectivity index (χ2n) is 4.84. The third-order valence-corrected chi connectivity index (χ3v) is 2.72. The van der Waals surface area contributed by atoms with Crippen LogP contribution in [0.3, 0.4) is 0 Å². The summed E-state index contributed by atoms with van der Waals surface area (Å²) in [5.41, 5.74) is 3.12. The minimum absolute atomic E-state index is 0.117. The van der Waals surface area contributed by atoms with Gasteiger partial charge < -0.3 is 4.74 Å². The molecule has 19 heavy (non-hydrogen) atoms. The van der Waals surface area contributed by atoms with Crippen molar-refractivity contribution < 1.29 is 14.3 Å². The molecular weight excluding hydrogens is 242 g/mol. The highest BCUT2D eigenvalue weighted by atomic mass is 16.6. The van der Waals surface area contributed by atoms with Crippen LogP contribution in [0.25, 0.3) is 0 Å². The van der Waals surface area contributed by atoms with Gasteiger partial charge in [0.15, 0.2) is 5.78 Å². The lowest BCUT2D eigenvalue weighted by Crippen LogP contribution is -2.18. The van der Waals surface area contributed by atoms with E-state index in [2.05, 4.69) is 5.32 Å². The monoisotopic (exact) mass is 263 g/mol. The second-order valence-corrected chi connectivity index (χ2v) is 4.84.